The number of rotatable bonds is 2. The Morgan fingerprint density at radius 3 is 3.00 bits per heavy atom. The number of hydrogen-bond donors (Lipinski definition) is 0. The number of benzene rings is 1. The summed E-state index contributed by atoms with van der Waals surface area (Å²) in [5, 5.41) is 5.31. The van der Waals surface area contributed by atoms with Gasteiger partial charge >= 0.3 is 0 Å². The van der Waals surface area contributed by atoms with Gasteiger partial charge in [0.05, 0.1) is 5.69 Å². The molecular formula is C14H15ClN2O. The molecule has 1 aromatic carbocycles. The van der Waals surface area contributed by atoms with Crippen LogP contribution in [0, 0.1) is 0 Å². The summed E-state index contributed by atoms with van der Waals surface area (Å²) >= 11 is 5.99. The van der Waals surface area contributed by atoms with Gasteiger partial charge in [0.15, 0.2) is 0 Å². The van der Waals surface area contributed by atoms with Gasteiger partial charge in [-0.05, 0) is 37.5 Å². The van der Waals surface area contributed by atoms with Gasteiger partial charge in [-0.2, -0.15) is 5.10 Å². The van der Waals surface area contributed by atoms with Crippen molar-refractivity contribution in [3.63, 3.8) is 0 Å². The van der Waals surface area contributed by atoms with Crippen LogP contribution in [0.25, 0.3) is 11.3 Å². The molecule has 18 heavy (non-hydrogen) atoms. The van der Waals surface area contributed by atoms with Gasteiger partial charge in [-0.15, -0.1) is 0 Å². The van der Waals surface area contributed by atoms with E-state index < -0.39 is 0 Å². The highest BCUT2D eigenvalue weighted by molar-refractivity contribution is 6.30. The van der Waals surface area contributed by atoms with Crippen LogP contribution in [0.1, 0.15) is 25.5 Å². The number of ether oxygens (including phenoxy) is 1. The van der Waals surface area contributed by atoms with Gasteiger partial charge in [-0.25, -0.2) is 4.68 Å². The minimum atomic E-state index is 0.0895. The van der Waals surface area contributed by atoms with E-state index in [2.05, 4.69) is 5.10 Å². The summed E-state index contributed by atoms with van der Waals surface area (Å²) < 4.78 is 7.62. The first-order valence-electron chi connectivity index (χ1n) is 6.25. The zero-order valence-corrected chi connectivity index (χ0v) is 10.8. The topological polar surface area (TPSA) is 27.1 Å². The molecule has 1 aliphatic rings. The van der Waals surface area contributed by atoms with Gasteiger partial charge in [0.2, 0.25) is 0 Å². The molecule has 1 fully saturated rings. The third kappa shape index (κ3) is 2.42. The lowest BCUT2D eigenvalue weighted by atomic mass is 10.2. The molecule has 3 rings (SSSR count). The van der Waals surface area contributed by atoms with E-state index in [-0.39, 0.29) is 6.23 Å². The summed E-state index contributed by atoms with van der Waals surface area (Å²) in [7, 11) is 0. The summed E-state index contributed by atoms with van der Waals surface area (Å²) in [6.07, 6.45) is 5.46. The second-order valence-corrected chi connectivity index (χ2v) is 4.95. The van der Waals surface area contributed by atoms with Crippen LogP contribution in [0.15, 0.2) is 36.5 Å². The molecule has 0 bridgehead atoms. The van der Waals surface area contributed by atoms with E-state index in [1.54, 1.807) is 0 Å². The summed E-state index contributed by atoms with van der Waals surface area (Å²) in [6.45, 7) is 0.830. The van der Waals surface area contributed by atoms with E-state index >= 15 is 0 Å². The van der Waals surface area contributed by atoms with Crippen LogP contribution >= 0.6 is 11.6 Å². The van der Waals surface area contributed by atoms with E-state index in [0.29, 0.717) is 0 Å². The largest absolute Gasteiger partial charge is 0.357 e. The van der Waals surface area contributed by atoms with Gasteiger partial charge in [0.25, 0.3) is 0 Å². The molecule has 3 nitrogen and oxygen atoms in total. The zero-order chi connectivity index (χ0) is 12.4. The molecule has 94 valence electrons. The van der Waals surface area contributed by atoms with E-state index in [1.165, 1.54) is 6.42 Å². The molecule has 0 spiro atoms. The highest BCUT2D eigenvalue weighted by Gasteiger charge is 2.16. The van der Waals surface area contributed by atoms with E-state index in [9.17, 15) is 0 Å². The van der Waals surface area contributed by atoms with Crippen molar-refractivity contribution < 1.29 is 4.74 Å². The zero-order valence-electron chi connectivity index (χ0n) is 10.1. The van der Waals surface area contributed by atoms with Crippen LogP contribution in [0.3, 0.4) is 0 Å². The fourth-order valence-electron chi connectivity index (χ4n) is 2.23. The van der Waals surface area contributed by atoms with Crippen molar-refractivity contribution in [3.8, 4) is 11.3 Å². The molecule has 1 saturated heterocycles. The highest BCUT2D eigenvalue weighted by Crippen LogP contribution is 2.25. The fourth-order valence-corrected chi connectivity index (χ4v) is 2.42. The molecule has 0 radical (unpaired) electrons. The molecule has 1 aliphatic heterocycles. The van der Waals surface area contributed by atoms with Crippen LogP contribution in [0.5, 0.6) is 0 Å². The number of halogens is 1. The van der Waals surface area contributed by atoms with Crippen LogP contribution in [-0.4, -0.2) is 16.4 Å². The molecule has 0 saturated carbocycles. The predicted octanol–water partition coefficient (Wildman–Crippen LogP) is 3.90. The Bertz CT molecular complexity index is 532. The lowest BCUT2D eigenvalue weighted by Gasteiger charge is -2.22. The second-order valence-electron chi connectivity index (χ2n) is 4.51. The Balaban J connectivity index is 1.84. The molecule has 0 N–H and O–H groups in total. The maximum atomic E-state index is 5.99. The number of nitrogens with zero attached hydrogens (tertiary/aromatic N) is 2. The summed E-state index contributed by atoms with van der Waals surface area (Å²) in [6, 6.07) is 9.75. The van der Waals surface area contributed by atoms with Gasteiger partial charge in [0, 0.05) is 23.4 Å². The van der Waals surface area contributed by atoms with Crippen LogP contribution in [0.2, 0.25) is 5.02 Å². The molecular weight excluding hydrogens is 248 g/mol. The predicted molar refractivity (Wildman–Crippen MR) is 71.5 cm³/mol. The molecule has 0 amide bonds. The summed E-state index contributed by atoms with van der Waals surface area (Å²) in [5.74, 6) is 0. The Kier molecular flexibility index (Phi) is 3.35. The maximum absolute atomic E-state index is 5.99. The van der Waals surface area contributed by atoms with Gasteiger partial charge in [-0.1, -0.05) is 23.7 Å². The highest BCUT2D eigenvalue weighted by atomic mass is 35.5. The fraction of sp³-hybridized carbons (Fsp3) is 0.357. The Morgan fingerprint density at radius 2 is 2.22 bits per heavy atom. The lowest BCUT2D eigenvalue weighted by Crippen LogP contribution is -2.18. The minimum absolute atomic E-state index is 0.0895. The van der Waals surface area contributed by atoms with Crippen molar-refractivity contribution in [2.24, 2.45) is 0 Å². The summed E-state index contributed by atoms with van der Waals surface area (Å²) in [5.41, 5.74) is 1.98. The molecule has 1 atom stereocenters. The molecule has 1 unspecified atom stereocenters. The lowest BCUT2D eigenvalue weighted by molar-refractivity contribution is -0.0393. The SMILES string of the molecule is Clc1cccc(-c2ccn(C3CCCCO3)n2)c1. The normalized spacial score (nSPS) is 19.9. The van der Waals surface area contributed by atoms with Crippen molar-refractivity contribution in [1.82, 2.24) is 9.78 Å². The van der Waals surface area contributed by atoms with Crippen molar-refractivity contribution in [2.45, 2.75) is 25.5 Å². The smallest absolute Gasteiger partial charge is 0.150 e. The third-order valence-corrected chi connectivity index (χ3v) is 3.41. The average Bonchev–Trinajstić information content (AvgIpc) is 2.89. The van der Waals surface area contributed by atoms with E-state index in [1.807, 2.05) is 41.2 Å². The van der Waals surface area contributed by atoms with Gasteiger partial charge in [0.1, 0.15) is 6.23 Å². The molecule has 1 aromatic heterocycles. The molecule has 2 aromatic rings. The Labute approximate surface area is 111 Å². The van der Waals surface area contributed by atoms with Crippen LogP contribution in [0.4, 0.5) is 0 Å². The van der Waals surface area contributed by atoms with Crippen LogP contribution in [-0.2, 0) is 4.74 Å². The standard InChI is InChI=1S/C14H15ClN2O/c15-12-5-3-4-11(10-12)13-7-8-17(16-13)14-6-1-2-9-18-14/h3-5,7-8,10,14H,1-2,6,9H2. The monoisotopic (exact) mass is 262 g/mol. The first kappa shape index (κ1) is 11.8. The summed E-state index contributed by atoms with van der Waals surface area (Å²) in [4.78, 5) is 0. The molecule has 0 aliphatic carbocycles. The van der Waals surface area contributed by atoms with E-state index in [0.717, 1.165) is 35.7 Å². The first-order chi connectivity index (χ1) is 8.83. The average molecular weight is 263 g/mol. The number of hydrogen-bond acceptors (Lipinski definition) is 2. The van der Waals surface area contributed by atoms with Crippen molar-refractivity contribution in [3.05, 3.63) is 41.6 Å². The van der Waals surface area contributed by atoms with Crippen molar-refractivity contribution in [2.75, 3.05) is 6.61 Å². The number of aromatic nitrogens is 2. The Hall–Kier alpha value is -1.32. The van der Waals surface area contributed by atoms with Gasteiger partial charge < -0.3 is 4.74 Å². The Morgan fingerprint density at radius 1 is 1.28 bits per heavy atom. The van der Waals surface area contributed by atoms with Crippen LogP contribution < -0.4 is 0 Å². The third-order valence-electron chi connectivity index (χ3n) is 3.18. The van der Waals surface area contributed by atoms with E-state index in [4.69, 9.17) is 16.3 Å². The second kappa shape index (κ2) is 5.12. The minimum Gasteiger partial charge on any atom is -0.357 e. The maximum Gasteiger partial charge on any atom is 0.150 e. The van der Waals surface area contributed by atoms with Gasteiger partial charge in [-0.3, -0.25) is 0 Å². The van der Waals surface area contributed by atoms with Crippen molar-refractivity contribution in [1.29, 1.82) is 0 Å². The van der Waals surface area contributed by atoms with Crippen molar-refractivity contribution >= 4 is 11.6 Å². The quantitative estimate of drug-likeness (QED) is 0.821. The molecule has 4 heteroatoms. The molecule has 2 heterocycles. The first-order valence-corrected chi connectivity index (χ1v) is 6.63.